The van der Waals surface area contributed by atoms with Crippen molar-refractivity contribution in [2.75, 3.05) is 37.4 Å². The summed E-state index contributed by atoms with van der Waals surface area (Å²) in [7, 11) is 1.33. The molecule has 108 valence electrons. The fraction of sp³-hybridized carbons (Fsp3) is 0.583. The molecule has 2 aliphatic rings. The summed E-state index contributed by atoms with van der Waals surface area (Å²) in [6.45, 7) is 2.09. The molecule has 3 heterocycles. The molecule has 2 fully saturated rings. The summed E-state index contributed by atoms with van der Waals surface area (Å²) >= 11 is 1.21. The summed E-state index contributed by atoms with van der Waals surface area (Å²) < 4.78 is 8.82. The second kappa shape index (κ2) is 4.93. The highest BCUT2D eigenvalue weighted by Crippen LogP contribution is 2.34. The number of amides is 1. The molecule has 7 nitrogen and oxygen atoms in total. The van der Waals surface area contributed by atoms with Gasteiger partial charge >= 0.3 is 5.97 Å². The van der Waals surface area contributed by atoms with E-state index >= 15 is 0 Å². The van der Waals surface area contributed by atoms with Gasteiger partial charge in [-0.05, 0) is 18.0 Å². The number of esters is 1. The Balaban J connectivity index is 1.84. The van der Waals surface area contributed by atoms with E-state index in [9.17, 15) is 9.59 Å². The molecule has 2 saturated heterocycles. The molecule has 1 amide bonds. The zero-order chi connectivity index (χ0) is 14.3. The SMILES string of the molecule is COC(=O)c1c(N)nsc1N1CCN2C(=O)CCC2C1. The van der Waals surface area contributed by atoms with Crippen LogP contribution in [0, 0.1) is 0 Å². The zero-order valence-corrected chi connectivity index (χ0v) is 12.0. The van der Waals surface area contributed by atoms with Gasteiger partial charge < -0.3 is 20.3 Å². The summed E-state index contributed by atoms with van der Waals surface area (Å²) in [5.41, 5.74) is 6.10. The van der Waals surface area contributed by atoms with E-state index < -0.39 is 5.97 Å². The highest BCUT2D eigenvalue weighted by molar-refractivity contribution is 7.11. The maximum atomic E-state index is 11.8. The molecular weight excluding hydrogens is 280 g/mol. The van der Waals surface area contributed by atoms with Gasteiger partial charge in [-0.3, -0.25) is 4.79 Å². The van der Waals surface area contributed by atoms with Crippen LogP contribution in [0.2, 0.25) is 0 Å². The topological polar surface area (TPSA) is 88.8 Å². The van der Waals surface area contributed by atoms with Gasteiger partial charge in [0, 0.05) is 32.1 Å². The normalized spacial score (nSPS) is 22.1. The first-order valence-corrected chi connectivity index (χ1v) is 7.27. The minimum absolute atomic E-state index is 0.210. The van der Waals surface area contributed by atoms with Gasteiger partial charge in [-0.15, -0.1) is 0 Å². The lowest BCUT2D eigenvalue weighted by Gasteiger charge is -2.38. The Hall–Kier alpha value is -1.83. The molecule has 1 unspecified atom stereocenters. The van der Waals surface area contributed by atoms with Crippen LogP contribution in [-0.4, -0.2) is 53.9 Å². The van der Waals surface area contributed by atoms with E-state index in [0.29, 0.717) is 25.1 Å². The number of piperazine rings is 1. The maximum absolute atomic E-state index is 11.8. The van der Waals surface area contributed by atoms with Crippen LogP contribution in [0.25, 0.3) is 0 Å². The van der Waals surface area contributed by atoms with Gasteiger partial charge in [0.1, 0.15) is 10.6 Å². The van der Waals surface area contributed by atoms with Gasteiger partial charge in [-0.2, -0.15) is 4.37 Å². The number of carbonyl (C=O) groups excluding carboxylic acids is 2. The number of nitrogens with zero attached hydrogens (tertiary/aromatic N) is 3. The first-order valence-electron chi connectivity index (χ1n) is 6.49. The van der Waals surface area contributed by atoms with Crippen LogP contribution in [0.5, 0.6) is 0 Å². The van der Waals surface area contributed by atoms with Crippen LogP contribution in [0.3, 0.4) is 0 Å². The Morgan fingerprint density at radius 3 is 3.05 bits per heavy atom. The van der Waals surface area contributed by atoms with Crippen LogP contribution < -0.4 is 10.6 Å². The predicted molar refractivity (Wildman–Crippen MR) is 74.8 cm³/mol. The Labute approximate surface area is 120 Å². The number of fused-ring (bicyclic) bond motifs is 1. The van der Waals surface area contributed by atoms with Crippen LogP contribution in [0.4, 0.5) is 10.8 Å². The summed E-state index contributed by atoms with van der Waals surface area (Å²) in [6, 6.07) is 0.227. The Bertz CT molecular complexity index is 559. The van der Waals surface area contributed by atoms with E-state index in [0.717, 1.165) is 18.0 Å². The van der Waals surface area contributed by atoms with E-state index in [4.69, 9.17) is 10.5 Å². The quantitative estimate of drug-likeness (QED) is 0.791. The van der Waals surface area contributed by atoms with Crippen molar-refractivity contribution >= 4 is 34.2 Å². The minimum Gasteiger partial charge on any atom is -0.465 e. The molecule has 8 heteroatoms. The van der Waals surface area contributed by atoms with Gasteiger partial charge in [0.15, 0.2) is 5.82 Å². The van der Waals surface area contributed by atoms with Crippen LogP contribution >= 0.6 is 11.5 Å². The van der Waals surface area contributed by atoms with Crippen molar-refractivity contribution in [1.29, 1.82) is 0 Å². The van der Waals surface area contributed by atoms with Gasteiger partial charge in [0.25, 0.3) is 0 Å². The van der Waals surface area contributed by atoms with E-state index in [-0.39, 0.29) is 17.8 Å². The number of carbonyl (C=O) groups is 2. The maximum Gasteiger partial charge on any atom is 0.344 e. The third-order valence-corrected chi connectivity index (χ3v) is 4.79. The molecule has 2 aliphatic heterocycles. The van der Waals surface area contributed by atoms with E-state index in [1.54, 1.807) is 0 Å². The van der Waals surface area contributed by atoms with Crippen molar-refractivity contribution < 1.29 is 14.3 Å². The second-order valence-corrected chi connectivity index (χ2v) is 5.72. The van der Waals surface area contributed by atoms with Crippen molar-refractivity contribution in [2.24, 2.45) is 0 Å². The predicted octanol–water partition coefficient (Wildman–Crippen LogP) is 0.323. The third kappa shape index (κ3) is 2.00. The van der Waals surface area contributed by atoms with E-state index in [2.05, 4.69) is 9.27 Å². The van der Waals surface area contributed by atoms with Gasteiger partial charge in [-0.1, -0.05) is 0 Å². The number of nitrogen functional groups attached to an aromatic ring is 1. The summed E-state index contributed by atoms with van der Waals surface area (Å²) in [5, 5.41) is 0.744. The molecule has 0 spiro atoms. The lowest BCUT2D eigenvalue weighted by atomic mass is 10.1. The molecule has 3 rings (SSSR count). The fourth-order valence-corrected chi connectivity index (χ4v) is 3.69. The number of hydrogen-bond donors (Lipinski definition) is 1. The molecule has 2 N–H and O–H groups in total. The molecule has 0 bridgehead atoms. The smallest absolute Gasteiger partial charge is 0.344 e. The lowest BCUT2D eigenvalue weighted by Crippen LogP contribution is -2.51. The largest absolute Gasteiger partial charge is 0.465 e. The van der Waals surface area contributed by atoms with Crippen molar-refractivity contribution in [3.63, 3.8) is 0 Å². The Morgan fingerprint density at radius 1 is 1.50 bits per heavy atom. The monoisotopic (exact) mass is 296 g/mol. The molecule has 0 radical (unpaired) electrons. The molecule has 1 aromatic rings. The fourth-order valence-electron chi connectivity index (χ4n) is 2.85. The Kier molecular flexibility index (Phi) is 3.25. The van der Waals surface area contributed by atoms with Gasteiger partial charge in [0.05, 0.1) is 7.11 Å². The van der Waals surface area contributed by atoms with Crippen LogP contribution in [-0.2, 0) is 9.53 Å². The number of aromatic nitrogens is 1. The van der Waals surface area contributed by atoms with Crippen molar-refractivity contribution in [2.45, 2.75) is 18.9 Å². The number of anilines is 2. The van der Waals surface area contributed by atoms with Gasteiger partial charge in [0.2, 0.25) is 5.91 Å². The number of rotatable bonds is 2. The van der Waals surface area contributed by atoms with E-state index in [1.807, 2.05) is 4.90 Å². The van der Waals surface area contributed by atoms with Crippen molar-refractivity contribution in [1.82, 2.24) is 9.27 Å². The average molecular weight is 296 g/mol. The third-order valence-electron chi connectivity index (χ3n) is 3.87. The lowest BCUT2D eigenvalue weighted by molar-refractivity contribution is -0.129. The first-order chi connectivity index (χ1) is 9.61. The number of nitrogens with two attached hydrogens (primary N) is 1. The molecular formula is C12H16N4O3S. The van der Waals surface area contributed by atoms with E-state index in [1.165, 1.54) is 18.6 Å². The Morgan fingerprint density at radius 2 is 2.30 bits per heavy atom. The minimum atomic E-state index is -0.462. The number of ether oxygens (including phenoxy) is 1. The van der Waals surface area contributed by atoms with Crippen LogP contribution in [0.1, 0.15) is 23.2 Å². The highest BCUT2D eigenvalue weighted by atomic mass is 32.1. The molecule has 0 aromatic carbocycles. The molecule has 0 saturated carbocycles. The van der Waals surface area contributed by atoms with Gasteiger partial charge in [-0.25, -0.2) is 4.79 Å². The summed E-state index contributed by atoms with van der Waals surface area (Å²) in [5.74, 6) is -0.0235. The highest BCUT2D eigenvalue weighted by Gasteiger charge is 2.37. The number of methoxy groups -OCH3 is 1. The van der Waals surface area contributed by atoms with Crippen molar-refractivity contribution in [3.05, 3.63) is 5.56 Å². The first kappa shape index (κ1) is 13.2. The molecule has 1 aromatic heterocycles. The zero-order valence-electron chi connectivity index (χ0n) is 11.2. The van der Waals surface area contributed by atoms with Crippen molar-refractivity contribution in [3.8, 4) is 0 Å². The number of hydrogen-bond acceptors (Lipinski definition) is 7. The van der Waals surface area contributed by atoms with Crippen LogP contribution in [0.15, 0.2) is 0 Å². The molecule has 20 heavy (non-hydrogen) atoms. The standard InChI is InChI=1S/C12H16N4O3S/c1-19-12(18)9-10(13)14-20-11(9)15-4-5-16-7(6-15)2-3-8(16)17/h7H,2-6H2,1H3,(H2,13,14). The molecule has 1 atom stereocenters. The second-order valence-electron chi connectivity index (χ2n) is 4.97. The summed E-state index contributed by atoms with van der Waals surface area (Å²) in [6.07, 6.45) is 1.49. The molecule has 0 aliphatic carbocycles. The average Bonchev–Trinajstić information content (AvgIpc) is 3.01. The summed E-state index contributed by atoms with van der Waals surface area (Å²) in [4.78, 5) is 27.5.